The molecular formula is C11H13BrN4O2. The van der Waals surface area contributed by atoms with E-state index in [1.165, 1.54) is 10.9 Å². The number of carbonyl (C=O) groups excluding carboxylic acids is 1. The maximum atomic E-state index is 11.8. The number of hydrogen-bond acceptors (Lipinski definition) is 4. The number of amides is 1. The summed E-state index contributed by atoms with van der Waals surface area (Å²) in [7, 11) is 1.57. The summed E-state index contributed by atoms with van der Waals surface area (Å²) in [6.45, 7) is 0.536. The van der Waals surface area contributed by atoms with Crippen LogP contribution in [-0.2, 0) is 11.3 Å². The van der Waals surface area contributed by atoms with E-state index in [4.69, 9.17) is 6.42 Å². The van der Waals surface area contributed by atoms with E-state index in [1.807, 2.05) is 0 Å². The highest BCUT2D eigenvalue weighted by molar-refractivity contribution is 9.10. The van der Waals surface area contributed by atoms with Crippen LogP contribution in [0.3, 0.4) is 0 Å². The maximum Gasteiger partial charge on any atom is 0.284 e. The van der Waals surface area contributed by atoms with Gasteiger partial charge in [-0.1, -0.05) is 5.92 Å². The van der Waals surface area contributed by atoms with E-state index in [9.17, 15) is 9.59 Å². The van der Waals surface area contributed by atoms with Crippen LogP contribution in [0.25, 0.3) is 0 Å². The van der Waals surface area contributed by atoms with Crippen molar-refractivity contribution in [2.24, 2.45) is 0 Å². The Morgan fingerprint density at radius 1 is 1.67 bits per heavy atom. The zero-order valence-corrected chi connectivity index (χ0v) is 11.5. The lowest BCUT2D eigenvalue weighted by atomic mass is 10.3. The van der Waals surface area contributed by atoms with Crippen molar-refractivity contribution >= 4 is 27.5 Å². The van der Waals surface area contributed by atoms with Gasteiger partial charge in [-0.3, -0.25) is 9.59 Å². The van der Waals surface area contributed by atoms with Crippen molar-refractivity contribution < 1.29 is 4.79 Å². The molecule has 2 N–H and O–H groups in total. The molecule has 0 spiro atoms. The summed E-state index contributed by atoms with van der Waals surface area (Å²) in [6.07, 6.45) is 6.93. The van der Waals surface area contributed by atoms with Gasteiger partial charge in [0.05, 0.1) is 11.9 Å². The molecule has 0 bridgehead atoms. The number of nitrogens with one attached hydrogen (secondary N) is 2. The summed E-state index contributed by atoms with van der Waals surface area (Å²) in [5.74, 6) is 2.27. The van der Waals surface area contributed by atoms with Gasteiger partial charge in [0.2, 0.25) is 5.91 Å². The molecule has 0 aromatic carbocycles. The molecule has 0 saturated carbocycles. The summed E-state index contributed by atoms with van der Waals surface area (Å²) in [6, 6.07) is 0. The molecule has 1 heterocycles. The third-order valence-corrected chi connectivity index (χ3v) is 2.94. The second-order valence-corrected chi connectivity index (χ2v) is 4.18. The number of terminal acetylenes is 1. The number of nitrogens with zero attached hydrogens (tertiary/aromatic N) is 2. The van der Waals surface area contributed by atoms with Gasteiger partial charge in [0, 0.05) is 20.0 Å². The van der Waals surface area contributed by atoms with Crippen molar-refractivity contribution in [2.75, 3.05) is 18.9 Å². The van der Waals surface area contributed by atoms with Crippen molar-refractivity contribution in [2.45, 2.75) is 13.0 Å². The van der Waals surface area contributed by atoms with E-state index in [-0.39, 0.29) is 18.0 Å². The molecule has 0 radical (unpaired) electrons. The molecule has 7 heteroatoms. The first-order valence-corrected chi connectivity index (χ1v) is 6.03. The van der Waals surface area contributed by atoms with Gasteiger partial charge in [-0.25, -0.2) is 4.68 Å². The standard InChI is InChI=1S/C11H13BrN4O2/c1-3-6-16-11(18)10(12)8(7-15-16)14-5-4-9(17)13-2/h1,7,14H,4-6H2,2H3,(H,13,17). The minimum absolute atomic E-state index is 0.0766. The van der Waals surface area contributed by atoms with Crippen molar-refractivity contribution in [3.05, 3.63) is 21.0 Å². The summed E-state index contributed by atoms with van der Waals surface area (Å²) in [4.78, 5) is 22.8. The summed E-state index contributed by atoms with van der Waals surface area (Å²) in [5.41, 5.74) is 0.232. The van der Waals surface area contributed by atoms with Gasteiger partial charge in [0.1, 0.15) is 11.0 Å². The Labute approximate surface area is 113 Å². The van der Waals surface area contributed by atoms with Gasteiger partial charge in [0.25, 0.3) is 5.56 Å². The third-order valence-electron chi connectivity index (χ3n) is 2.17. The summed E-state index contributed by atoms with van der Waals surface area (Å²) in [5, 5.41) is 9.38. The second-order valence-electron chi connectivity index (χ2n) is 3.39. The normalized spacial score (nSPS) is 9.61. The average molecular weight is 313 g/mol. The first-order chi connectivity index (χ1) is 8.60. The first kappa shape index (κ1) is 14.3. The molecule has 1 aromatic heterocycles. The predicted octanol–water partition coefficient (Wildman–Crippen LogP) is 0.187. The minimum atomic E-state index is -0.308. The van der Waals surface area contributed by atoms with Crippen molar-refractivity contribution in [1.29, 1.82) is 0 Å². The number of halogens is 1. The summed E-state index contributed by atoms with van der Waals surface area (Å²) >= 11 is 3.18. The highest BCUT2D eigenvalue weighted by atomic mass is 79.9. The summed E-state index contributed by atoms with van der Waals surface area (Å²) < 4.78 is 1.53. The van der Waals surface area contributed by atoms with Crippen molar-refractivity contribution in [3.8, 4) is 12.3 Å². The second kappa shape index (κ2) is 6.81. The van der Waals surface area contributed by atoms with Gasteiger partial charge in [-0.05, 0) is 15.9 Å². The van der Waals surface area contributed by atoms with Crippen LogP contribution in [0.1, 0.15) is 6.42 Å². The number of anilines is 1. The van der Waals surface area contributed by atoms with Crippen LogP contribution in [0.2, 0.25) is 0 Å². The van der Waals surface area contributed by atoms with Crippen molar-refractivity contribution in [3.63, 3.8) is 0 Å². The van der Waals surface area contributed by atoms with Crippen LogP contribution in [0, 0.1) is 12.3 Å². The molecule has 96 valence electrons. The van der Waals surface area contributed by atoms with E-state index in [0.29, 0.717) is 23.1 Å². The van der Waals surface area contributed by atoms with Crippen molar-refractivity contribution in [1.82, 2.24) is 15.1 Å². The Hall–Kier alpha value is -1.81. The molecule has 1 amide bonds. The molecule has 0 fully saturated rings. The van der Waals surface area contributed by atoms with Crippen LogP contribution in [0.15, 0.2) is 15.5 Å². The van der Waals surface area contributed by atoms with Gasteiger partial charge >= 0.3 is 0 Å². The van der Waals surface area contributed by atoms with E-state index >= 15 is 0 Å². The van der Waals surface area contributed by atoms with Gasteiger partial charge < -0.3 is 10.6 Å². The zero-order chi connectivity index (χ0) is 13.5. The molecule has 0 aliphatic rings. The Kier molecular flexibility index (Phi) is 5.39. The van der Waals surface area contributed by atoms with Crippen LogP contribution >= 0.6 is 15.9 Å². The lowest BCUT2D eigenvalue weighted by Gasteiger charge is -2.08. The van der Waals surface area contributed by atoms with Crippen LogP contribution in [0.4, 0.5) is 5.69 Å². The fourth-order valence-electron chi connectivity index (χ4n) is 1.22. The number of carbonyl (C=O) groups is 1. The van der Waals surface area contributed by atoms with E-state index in [0.717, 1.165) is 0 Å². The number of rotatable bonds is 5. The average Bonchev–Trinajstić information content (AvgIpc) is 2.37. The first-order valence-electron chi connectivity index (χ1n) is 5.23. The van der Waals surface area contributed by atoms with Gasteiger partial charge in [-0.15, -0.1) is 6.42 Å². The monoisotopic (exact) mass is 312 g/mol. The van der Waals surface area contributed by atoms with Crippen LogP contribution < -0.4 is 16.2 Å². The van der Waals surface area contributed by atoms with Crippen LogP contribution in [0.5, 0.6) is 0 Å². The van der Waals surface area contributed by atoms with Crippen LogP contribution in [-0.4, -0.2) is 29.3 Å². The minimum Gasteiger partial charge on any atom is -0.382 e. The fourth-order valence-corrected chi connectivity index (χ4v) is 1.67. The maximum absolute atomic E-state index is 11.8. The molecule has 6 nitrogen and oxygen atoms in total. The highest BCUT2D eigenvalue weighted by Crippen LogP contribution is 2.15. The Morgan fingerprint density at radius 2 is 2.39 bits per heavy atom. The molecule has 0 aliphatic carbocycles. The SMILES string of the molecule is C#CCn1ncc(NCCC(=O)NC)c(Br)c1=O. The fraction of sp³-hybridized carbons (Fsp3) is 0.364. The lowest BCUT2D eigenvalue weighted by Crippen LogP contribution is -2.25. The van der Waals surface area contributed by atoms with Gasteiger partial charge in [0.15, 0.2) is 0 Å². The molecule has 0 unspecified atom stereocenters. The van der Waals surface area contributed by atoms with E-state index < -0.39 is 0 Å². The van der Waals surface area contributed by atoms with E-state index in [2.05, 4.69) is 37.6 Å². The van der Waals surface area contributed by atoms with Gasteiger partial charge in [-0.2, -0.15) is 5.10 Å². The quantitative estimate of drug-likeness (QED) is 0.761. The Morgan fingerprint density at radius 3 is 3.00 bits per heavy atom. The Balaban J connectivity index is 2.74. The Bertz CT molecular complexity index is 533. The predicted molar refractivity (Wildman–Crippen MR) is 72.2 cm³/mol. The smallest absolute Gasteiger partial charge is 0.284 e. The topological polar surface area (TPSA) is 76.0 Å². The highest BCUT2D eigenvalue weighted by Gasteiger charge is 2.08. The molecule has 1 aromatic rings. The molecule has 1 rings (SSSR count). The zero-order valence-electron chi connectivity index (χ0n) is 9.86. The molecule has 18 heavy (non-hydrogen) atoms. The largest absolute Gasteiger partial charge is 0.382 e. The third kappa shape index (κ3) is 3.60. The molecule has 0 aliphatic heterocycles. The molecular weight excluding hydrogens is 300 g/mol. The number of hydrogen-bond donors (Lipinski definition) is 2. The molecule has 0 saturated heterocycles. The number of aromatic nitrogens is 2. The lowest BCUT2D eigenvalue weighted by molar-refractivity contribution is -0.120. The molecule has 0 atom stereocenters. The van der Waals surface area contributed by atoms with E-state index in [1.54, 1.807) is 7.05 Å².